The Balaban J connectivity index is 1.76. The molecule has 0 saturated carbocycles. The third-order valence-electron chi connectivity index (χ3n) is 4.70. The second-order valence-electron chi connectivity index (χ2n) is 6.47. The highest BCUT2D eigenvalue weighted by atomic mass is 16.5. The zero-order chi connectivity index (χ0) is 18.4. The third kappa shape index (κ3) is 4.35. The van der Waals surface area contributed by atoms with Crippen LogP contribution in [0.2, 0.25) is 0 Å². The summed E-state index contributed by atoms with van der Waals surface area (Å²) >= 11 is 0. The fraction of sp³-hybridized carbons (Fsp3) is 0.381. The van der Waals surface area contributed by atoms with Gasteiger partial charge >= 0.3 is 0 Å². The Labute approximate surface area is 154 Å². The molecule has 2 aromatic rings. The summed E-state index contributed by atoms with van der Waals surface area (Å²) in [6, 6.07) is 15.3. The van der Waals surface area contributed by atoms with Crippen LogP contribution in [0.15, 0.2) is 48.5 Å². The third-order valence-corrected chi connectivity index (χ3v) is 4.70. The second kappa shape index (κ2) is 8.72. The van der Waals surface area contributed by atoms with Gasteiger partial charge in [-0.2, -0.15) is 0 Å². The Morgan fingerprint density at radius 2 is 2.00 bits per heavy atom. The number of carbonyl (C=O) groups excluding carboxylic acids is 1. The number of benzene rings is 2. The SMILES string of the molecule is CCN(CC1CCOC1)C(=O)c1ccccc1Nc1ccc(OC)cc1. The van der Waals surface area contributed by atoms with Crippen molar-refractivity contribution in [2.75, 3.05) is 38.7 Å². The lowest BCUT2D eigenvalue weighted by molar-refractivity contribution is 0.0732. The molecule has 1 atom stereocenters. The van der Waals surface area contributed by atoms with E-state index in [1.54, 1.807) is 7.11 Å². The van der Waals surface area contributed by atoms with Crippen LogP contribution in [0.25, 0.3) is 0 Å². The predicted octanol–water partition coefficient (Wildman–Crippen LogP) is 3.94. The Bertz CT molecular complexity index is 724. The smallest absolute Gasteiger partial charge is 0.255 e. The van der Waals surface area contributed by atoms with Crippen LogP contribution in [0.4, 0.5) is 11.4 Å². The number of rotatable bonds is 7. The van der Waals surface area contributed by atoms with Crippen molar-refractivity contribution in [3.63, 3.8) is 0 Å². The normalized spacial score (nSPS) is 16.3. The average molecular weight is 354 g/mol. The molecule has 1 saturated heterocycles. The minimum Gasteiger partial charge on any atom is -0.497 e. The molecule has 2 aromatic carbocycles. The van der Waals surface area contributed by atoms with E-state index in [1.807, 2.05) is 60.4 Å². The van der Waals surface area contributed by atoms with E-state index in [4.69, 9.17) is 9.47 Å². The molecule has 1 unspecified atom stereocenters. The molecule has 0 aromatic heterocycles. The molecular formula is C21H26N2O3. The Kier molecular flexibility index (Phi) is 6.12. The molecule has 1 amide bonds. The number of methoxy groups -OCH3 is 1. The van der Waals surface area contributed by atoms with E-state index in [0.29, 0.717) is 18.0 Å². The molecule has 0 spiro atoms. The molecule has 0 radical (unpaired) electrons. The molecule has 0 bridgehead atoms. The van der Waals surface area contributed by atoms with Crippen LogP contribution in [0.5, 0.6) is 5.75 Å². The first kappa shape index (κ1) is 18.3. The lowest BCUT2D eigenvalue weighted by atomic mass is 10.1. The Morgan fingerprint density at radius 3 is 2.65 bits per heavy atom. The van der Waals surface area contributed by atoms with Gasteiger partial charge in [0, 0.05) is 31.3 Å². The largest absolute Gasteiger partial charge is 0.497 e. The van der Waals surface area contributed by atoms with E-state index >= 15 is 0 Å². The van der Waals surface area contributed by atoms with E-state index < -0.39 is 0 Å². The number of ether oxygens (including phenoxy) is 2. The molecule has 26 heavy (non-hydrogen) atoms. The standard InChI is InChI=1S/C21H26N2O3/c1-3-23(14-16-12-13-26-15-16)21(24)19-6-4-5-7-20(19)22-17-8-10-18(25-2)11-9-17/h4-11,16,22H,3,12-15H2,1-2H3. The molecule has 1 aliphatic heterocycles. The van der Waals surface area contributed by atoms with Crippen LogP contribution >= 0.6 is 0 Å². The van der Waals surface area contributed by atoms with Crippen molar-refractivity contribution in [1.29, 1.82) is 0 Å². The number of nitrogens with one attached hydrogen (secondary N) is 1. The summed E-state index contributed by atoms with van der Waals surface area (Å²) in [4.78, 5) is 15.0. The van der Waals surface area contributed by atoms with Crippen molar-refractivity contribution in [3.8, 4) is 5.75 Å². The maximum absolute atomic E-state index is 13.1. The molecule has 0 aliphatic carbocycles. The van der Waals surface area contributed by atoms with Gasteiger partial charge in [0.15, 0.2) is 0 Å². The fourth-order valence-corrected chi connectivity index (χ4v) is 3.17. The molecule has 138 valence electrons. The van der Waals surface area contributed by atoms with Gasteiger partial charge < -0.3 is 19.7 Å². The van der Waals surface area contributed by atoms with E-state index in [2.05, 4.69) is 5.32 Å². The number of carbonyl (C=O) groups is 1. The van der Waals surface area contributed by atoms with E-state index in [-0.39, 0.29) is 5.91 Å². The van der Waals surface area contributed by atoms with Crippen LogP contribution in [0.3, 0.4) is 0 Å². The van der Waals surface area contributed by atoms with Crippen molar-refractivity contribution in [2.24, 2.45) is 5.92 Å². The highest BCUT2D eigenvalue weighted by Gasteiger charge is 2.23. The topological polar surface area (TPSA) is 50.8 Å². The number of hydrogen-bond acceptors (Lipinski definition) is 4. The zero-order valence-corrected chi connectivity index (χ0v) is 15.4. The summed E-state index contributed by atoms with van der Waals surface area (Å²) in [7, 11) is 1.64. The van der Waals surface area contributed by atoms with Crippen molar-refractivity contribution < 1.29 is 14.3 Å². The first-order valence-electron chi connectivity index (χ1n) is 9.08. The van der Waals surface area contributed by atoms with Gasteiger partial charge in [0.05, 0.1) is 25.0 Å². The van der Waals surface area contributed by atoms with Crippen molar-refractivity contribution in [3.05, 3.63) is 54.1 Å². The number of amides is 1. The number of hydrogen-bond donors (Lipinski definition) is 1. The molecule has 1 N–H and O–H groups in total. The van der Waals surface area contributed by atoms with Gasteiger partial charge in [-0.05, 0) is 49.7 Å². The summed E-state index contributed by atoms with van der Waals surface area (Å²) in [5.74, 6) is 1.28. The molecule has 1 heterocycles. The predicted molar refractivity (Wildman–Crippen MR) is 103 cm³/mol. The van der Waals surface area contributed by atoms with Gasteiger partial charge in [0.1, 0.15) is 5.75 Å². The summed E-state index contributed by atoms with van der Waals surface area (Å²) in [6.07, 6.45) is 1.02. The number of para-hydroxylation sites is 1. The van der Waals surface area contributed by atoms with Crippen LogP contribution in [0, 0.1) is 5.92 Å². The summed E-state index contributed by atoms with van der Waals surface area (Å²) in [6.45, 7) is 4.99. The molecule has 5 heteroatoms. The summed E-state index contributed by atoms with van der Waals surface area (Å²) in [5, 5.41) is 3.35. The maximum atomic E-state index is 13.1. The van der Waals surface area contributed by atoms with Crippen LogP contribution in [-0.4, -0.2) is 44.2 Å². The van der Waals surface area contributed by atoms with Gasteiger partial charge in [-0.25, -0.2) is 0 Å². The summed E-state index contributed by atoms with van der Waals surface area (Å²) < 4.78 is 10.6. The minimum absolute atomic E-state index is 0.0519. The number of anilines is 2. The van der Waals surface area contributed by atoms with Gasteiger partial charge in [0.25, 0.3) is 5.91 Å². The van der Waals surface area contributed by atoms with E-state index in [9.17, 15) is 4.79 Å². The first-order valence-corrected chi connectivity index (χ1v) is 9.08. The molecule has 1 fully saturated rings. The molecule has 5 nitrogen and oxygen atoms in total. The monoisotopic (exact) mass is 354 g/mol. The van der Waals surface area contributed by atoms with E-state index in [0.717, 1.165) is 43.3 Å². The van der Waals surface area contributed by atoms with Crippen molar-refractivity contribution in [2.45, 2.75) is 13.3 Å². The first-order chi connectivity index (χ1) is 12.7. The van der Waals surface area contributed by atoms with Gasteiger partial charge in [0.2, 0.25) is 0 Å². The highest BCUT2D eigenvalue weighted by molar-refractivity contribution is 6.00. The Morgan fingerprint density at radius 1 is 1.23 bits per heavy atom. The van der Waals surface area contributed by atoms with Gasteiger partial charge in [-0.1, -0.05) is 12.1 Å². The quantitative estimate of drug-likeness (QED) is 0.818. The summed E-state index contributed by atoms with van der Waals surface area (Å²) in [5.41, 5.74) is 2.41. The Hall–Kier alpha value is -2.53. The highest BCUT2D eigenvalue weighted by Crippen LogP contribution is 2.25. The number of nitrogens with zero attached hydrogens (tertiary/aromatic N) is 1. The molecule has 3 rings (SSSR count). The van der Waals surface area contributed by atoms with Crippen LogP contribution in [-0.2, 0) is 4.74 Å². The van der Waals surface area contributed by atoms with Crippen LogP contribution in [0.1, 0.15) is 23.7 Å². The van der Waals surface area contributed by atoms with Crippen LogP contribution < -0.4 is 10.1 Å². The second-order valence-corrected chi connectivity index (χ2v) is 6.47. The van der Waals surface area contributed by atoms with Gasteiger partial charge in [-0.15, -0.1) is 0 Å². The maximum Gasteiger partial charge on any atom is 0.255 e. The lowest BCUT2D eigenvalue weighted by Gasteiger charge is -2.25. The molecular weight excluding hydrogens is 328 g/mol. The van der Waals surface area contributed by atoms with Crippen molar-refractivity contribution in [1.82, 2.24) is 4.90 Å². The van der Waals surface area contributed by atoms with Crippen molar-refractivity contribution >= 4 is 17.3 Å². The average Bonchev–Trinajstić information content (AvgIpc) is 3.20. The van der Waals surface area contributed by atoms with Gasteiger partial charge in [-0.3, -0.25) is 4.79 Å². The molecule has 1 aliphatic rings. The van der Waals surface area contributed by atoms with E-state index in [1.165, 1.54) is 0 Å². The fourth-order valence-electron chi connectivity index (χ4n) is 3.17. The lowest BCUT2D eigenvalue weighted by Crippen LogP contribution is -2.35. The minimum atomic E-state index is 0.0519. The zero-order valence-electron chi connectivity index (χ0n) is 15.4.